The van der Waals surface area contributed by atoms with Crippen molar-refractivity contribution in [3.05, 3.63) is 39.2 Å². The molecule has 0 amide bonds. The molecular weight excluding hydrogens is 355 g/mol. The van der Waals surface area contributed by atoms with Crippen LogP contribution < -0.4 is 5.32 Å². The molecule has 0 bridgehead atoms. The lowest BCUT2D eigenvalue weighted by atomic mass is 9.97. The maximum atomic E-state index is 12.9. The van der Waals surface area contributed by atoms with Crippen LogP contribution in [0.25, 0.3) is 0 Å². The first-order valence-electron chi connectivity index (χ1n) is 7.27. The molecule has 0 heterocycles. The number of thioether (sulfide) groups is 1. The molecule has 0 saturated heterocycles. The number of Topliss-reactive ketones (excluding diaryl/α,β-unsaturated/α-hetero) is 1. The summed E-state index contributed by atoms with van der Waals surface area (Å²) in [6.45, 7) is 1.97. The Labute approximate surface area is 149 Å². The van der Waals surface area contributed by atoms with Crippen molar-refractivity contribution in [1.82, 2.24) is 5.32 Å². The van der Waals surface area contributed by atoms with Crippen LogP contribution in [0.2, 0.25) is 10.0 Å². The number of aliphatic hydroxyl groups is 1. The number of ketones is 1. The van der Waals surface area contributed by atoms with Crippen LogP contribution in [-0.4, -0.2) is 29.4 Å². The van der Waals surface area contributed by atoms with E-state index in [-0.39, 0.29) is 33.7 Å². The highest BCUT2D eigenvalue weighted by atomic mass is 35.5. The number of aliphatic hydroxyl groups excluding tert-OH is 1. The standard InChI is InChI=1S/C16H18Cl2N2O2S/c1-3-23-15-10(17)7-6-9(12(15)18)14(21)11(16(22)20-2)13(19)8-4-5-8/h6-8,19-20,22H,3-5H2,1-2H3/b16-11-,19-13?. The van der Waals surface area contributed by atoms with Crippen LogP contribution in [0.1, 0.15) is 30.1 Å². The molecule has 0 atom stereocenters. The van der Waals surface area contributed by atoms with E-state index < -0.39 is 5.78 Å². The number of rotatable bonds is 7. The molecule has 3 N–H and O–H groups in total. The Morgan fingerprint density at radius 3 is 2.61 bits per heavy atom. The van der Waals surface area contributed by atoms with E-state index in [1.54, 1.807) is 6.07 Å². The third-order valence-corrected chi connectivity index (χ3v) is 5.47. The second kappa shape index (κ2) is 7.60. The zero-order valence-corrected chi connectivity index (χ0v) is 15.2. The summed E-state index contributed by atoms with van der Waals surface area (Å²) in [5.74, 6) is 0.0235. The quantitative estimate of drug-likeness (QED) is 0.213. The van der Waals surface area contributed by atoms with Gasteiger partial charge in [-0.25, -0.2) is 0 Å². The Balaban J connectivity index is 2.49. The lowest BCUT2D eigenvalue weighted by molar-refractivity contribution is 0.103. The number of hydrogen-bond acceptors (Lipinski definition) is 5. The van der Waals surface area contributed by atoms with Gasteiger partial charge in [-0.1, -0.05) is 30.1 Å². The predicted molar refractivity (Wildman–Crippen MR) is 96.4 cm³/mol. The summed E-state index contributed by atoms with van der Waals surface area (Å²) in [4.78, 5) is 13.5. The van der Waals surface area contributed by atoms with E-state index in [0.29, 0.717) is 9.92 Å². The van der Waals surface area contributed by atoms with Gasteiger partial charge in [0.2, 0.25) is 5.78 Å². The molecule has 1 aromatic rings. The monoisotopic (exact) mass is 372 g/mol. The van der Waals surface area contributed by atoms with Crippen LogP contribution in [0.4, 0.5) is 0 Å². The average molecular weight is 373 g/mol. The molecular formula is C16H18Cl2N2O2S. The number of hydrogen-bond donors (Lipinski definition) is 3. The fraction of sp³-hybridized carbons (Fsp3) is 0.375. The summed E-state index contributed by atoms with van der Waals surface area (Å²) < 4.78 is 0. The fourth-order valence-electron chi connectivity index (χ4n) is 2.18. The summed E-state index contributed by atoms with van der Waals surface area (Å²) in [7, 11) is 1.50. The van der Waals surface area contributed by atoms with Gasteiger partial charge in [0.25, 0.3) is 0 Å². The molecule has 1 saturated carbocycles. The average Bonchev–Trinajstić information content (AvgIpc) is 3.36. The molecule has 4 nitrogen and oxygen atoms in total. The van der Waals surface area contributed by atoms with E-state index in [0.717, 1.165) is 18.6 Å². The highest BCUT2D eigenvalue weighted by molar-refractivity contribution is 7.99. The summed E-state index contributed by atoms with van der Waals surface area (Å²) in [5.41, 5.74) is 0.374. The van der Waals surface area contributed by atoms with E-state index in [1.165, 1.54) is 24.9 Å². The summed E-state index contributed by atoms with van der Waals surface area (Å²) in [5, 5.41) is 21.5. The first-order chi connectivity index (χ1) is 10.9. The van der Waals surface area contributed by atoms with Gasteiger partial charge in [0.1, 0.15) is 5.57 Å². The highest BCUT2D eigenvalue weighted by Gasteiger charge is 2.34. The molecule has 2 rings (SSSR count). The topological polar surface area (TPSA) is 73.2 Å². The fourth-order valence-corrected chi connectivity index (χ4v) is 3.69. The molecule has 124 valence electrons. The third-order valence-electron chi connectivity index (χ3n) is 3.54. The minimum Gasteiger partial charge on any atom is -0.494 e. The van der Waals surface area contributed by atoms with Gasteiger partial charge < -0.3 is 15.8 Å². The first kappa shape index (κ1) is 18.2. The maximum absolute atomic E-state index is 12.9. The Morgan fingerprint density at radius 1 is 1.43 bits per heavy atom. The molecule has 1 aliphatic rings. The molecule has 7 heteroatoms. The minimum absolute atomic E-state index is 0.0216. The Hall–Kier alpha value is -1.17. The third kappa shape index (κ3) is 3.84. The van der Waals surface area contributed by atoms with Gasteiger partial charge in [0.05, 0.1) is 15.8 Å². The van der Waals surface area contributed by atoms with Crippen molar-refractivity contribution in [2.75, 3.05) is 12.8 Å². The van der Waals surface area contributed by atoms with Gasteiger partial charge in [0, 0.05) is 23.4 Å². The largest absolute Gasteiger partial charge is 0.494 e. The smallest absolute Gasteiger partial charge is 0.201 e. The highest BCUT2D eigenvalue weighted by Crippen LogP contribution is 2.39. The van der Waals surface area contributed by atoms with Crippen molar-refractivity contribution in [2.45, 2.75) is 24.7 Å². The zero-order valence-electron chi connectivity index (χ0n) is 12.9. The predicted octanol–water partition coefficient (Wildman–Crippen LogP) is 4.71. The zero-order chi connectivity index (χ0) is 17.1. The van der Waals surface area contributed by atoms with Crippen LogP contribution in [-0.2, 0) is 0 Å². The second-order valence-electron chi connectivity index (χ2n) is 5.16. The van der Waals surface area contributed by atoms with Crippen molar-refractivity contribution >= 4 is 46.5 Å². The number of carbonyl (C=O) groups is 1. The van der Waals surface area contributed by atoms with Crippen LogP contribution >= 0.6 is 35.0 Å². The van der Waals surface area contributed by atoms with Crippen molar-refractivity contribution in [3.63, 3.8) is 0 Å². The summed E-state index contributed by atoms with van der Waals surface area (Å²) in [6, 6.07) is 3.16. The van der Waals surface area contributed by atoms with Gasteiger partial charge >= 0.3 is 0 Å². The van der Waals surface area contributed by atoms with E-state index in [4.69, 9.17) is 28.6 Å². The molecule has 1 aromatic carbocycles. The number of benzene rings is 1. The van der Waals surface area contributed by atoms with Gasteiger partial charge in [0.15, 0.2) is 5.88 Å². The SMILES string of the molecule is CCSc1c(Cl)ccc(C(=O)/C(C(=N)C2CC2)=C(\O)NC)c1Cl. The maximum Gasteiger partial charge on any atom is 0.201 e. The first-order valence-corrected chi connectivity index (χ1v) is 9.01. The Kier molecular flexibility index (Phi) is 6.00. The van der Waals surface area contributed by atoms with Crippen molar-refractivity contribution in [2.24, 2.45) is 5.92 Å². The number of halogens is 2. The van der Waals surface area contributed by atoms with Gasteiger partial charge in [-0.05, 0) is 30.7 Å². The minimum atomic E-state index is -0.464. The lowest BCUT2D eigenvalue weighted by Crippen LogP contribution is -2.22. The molecule has 1 aliphatic carbocycles. The summed E-state index contributed by atoms with van der Waals surface area (Å²) >= 11 is 14.0. The van der Waals surface area contributed by atoms with Crippen molar-refractivity contribution in [1.29, 1.82) is 5.41 Å². The van der Waals surface area contributed by atoms with E-state index >= 15 is 0 Å². The van der Waals surface area contributed by atoms with Gasteiger partial charge in [-0.3, -0.25) is 4.79 Å². The molecule has 0 unspecified atom stereocenters. The molecule has 1 fully saturated rings. The molecule has 0 spiro atoms. The van der Waals surface area contributed by atoms with Gasteiger partial charge in [-0.15, -0.1) is 11.8 Å². The van der Waals surface area contributed by atoms with Crippen LogP contribution in [0.3, 0.4) is 0 Å². The Morgan fingerprint density at radius 2 is 2.09 bits per heavy atom. The molecule has 0 aromatic heterocycles. The van der Waals surface area contributed by atoms with Crippen LogP contribution in [0.5, 0.6) is 0 Å². The number of carbonyl (C=O) groups excluding carboxylic acids is 1. The van der Waals surface area contributed by atoms with E-state index in [2.05, 4.69) is 5.32 Å². The molecule has 0 aliphatic heterocycles. The van der Waals surface area contributed by atoms with Gasteiger partial charge in [-0.2, -0.15) is 0 Å². The lowest BCUT2D eigenvalue weighted by Gasteiger charge is -2.14. The normalized spacial score (nSPS) is 15.1. The van der Waals surface area contributed by atoms with E-state index in [9.17, 15) is 9.90 Å². The number of nitrogens with one attached hydrogen (secondary N) is 2. The number of allylic oxidation sites excluding steroid dienone is 1. The molecule has 23 heavy (non-hydrogen) atoms. The van der Waals surface area contributed by atoms with Crippen molar-refractivity contribution < 1.29 is 9.90 Å². The van der Waals surface area contributed by atoms with Crippen LogP contribution in [0, 0.1) is 11.3 Å². The Bertz CT molecular complexity index is 685. The second-order valence-corrected chi connectivity index (χ2v) is 7.22. The van der Waals surface area contributed by atoms with E-state index in [1.807, 2.05) is 6.92 Å². The summed E-state index contributed by atoms with van der Waals surface area (Å²) in [6.07, 6.45) is 1.72. The molecule has 0 radical (unpaired) electrons. The van der Waals surface area contributed by atoms with Crippen LogP contribution in [0.15, 0.2) is 28.5 Å². The van der Waals surface area contributed by atoms with Crippen molar-refractivity contribution in [3.8, 4) is 0 Å².